The smallest absolute Gasteiger partial charge is 0.294 e. The fraction of sp³-hybridized carbons (Fsp3) is 0.238. The highest BCUT2D eigenvalue weighted by Crippen LogP contribution is 2.41. The molecule has 8 heteroatoms. The van der Waals surface area contributed by atoms with Crippen molar-refractivity contribution in [2.24, 2.45) is 0 Å². The SMILES string of the molecule is CCC1c2cc(F)c(OC)cc2CN1c1cnc(C(=O)Nc2ccccn2)nc1. The number of amides is 1. The first-order valence-corrected chi connectivity index (χ1v) is 9.28. The third-order valence-electron chi connectivity index (χ3n) is 4.96. The van der Waals surface area contributed by atoms with Gasteiger partial charge in [0.15, 0.2) is 11.6 Å². The molecule has 3 heterocycles. The maximum Gasteiger partial charge on any atom is 0.294 e. The molecule has 1 aliphatic heterocycles. The molecule has 1 atom stereocenters. The zero-order chi connectivity index (χ0) is 20.4. The standard InChI is InChI=1S/C21H20FN5O2/c1-3-17-15-9-16(22)18(29-2)8-13(15)12-27(17)14-10-24-20(25-11-14)21(28)26-19-6-4-5-7-23-19/h4-11,17H,3,12H2,1-2H3,(H,23,26,28). The Kier molecular flexibility index (Phi) is 5.07. The number of aromatic nitrogens is 3. The highest BCUT2D eigenvalue weighted by molar-refractivity contribution is 6.00. The second-order valence-corrected chi connectivity index (χ2v) is 6.67. The number of hydrogen-bond acceptors (Lipinski definition) is 6. The van der Waals surface area contributed by atoms with Gasteiger partial charge in [-0.05, 0) is 41.8 Å². The van der Waals surface area contributed by atoms with Crippen molar-refractivity contribution < 1.29 is 13.9 Å². The van der Waals surface area contributed by atoms with Crippen LogP contribution in [0.4, 0.5) is 15.9 Å². The average Bonchev–Trinajstić information content (AvgIpc) is 3.11. The molecule has 1 aromatic carbocycles. The number of methoxy groups -OCH3 is 1. The molecule has 1 unspecified atom stereocenters. The number of anilines is 2. The number of carbonyl (C=O) groups is 1. The Morgan fingerprint density at radius 1 is 1.28 bits per heavy atom. The van der Waals surface area contributed by atoms with Crippen molar-refractivity contribution in [3.05, 3.63) is 71.7 Å². The van der Waals surface area contributed by atoms with Crippen LogP contribution in [0.2, 0.25) is 0 Å². The lowest BCUT2D eigenvalue weighted by Crippen LogP contribution is -2.22. The summed E-state index contributed by atoms with van der Waals surface area (Å²) in [6, 6.07) is 8.51. The third kappa shape index (κ3) is 3.61. The van der Waals surface area contributed by atoms with Gasteiger partial charge >= 0.3 is 0 Å². The van der Waals surface area contributed by atoms with Crippen molar-refractivity contribution in [1.29, 1.82) is 0 Å². The summed E-state index contributed by atoms with van der Waals surface area (Å²) in [6.07, 6.45) is 5.61. The number of pyridine rings is 1. The van der Waals surface area contributed by atoms with Crippen LogP contribution >= 0.6 is 0 Å². The van der Waals surface area contributed by atoms with Gasteiger partial charge in [-0.2, -0.15) is 0 Å². The Bertz CT molecular complexity index is 1030. The lowest BCUT2D eigenvalue weighted by Gasteiger charge is -2.25. The average molecular weight is 393 g/mol. The molecule has 4 rings (SSSR count). The van der Waals surface area contributed by atoms with Gasteiger partial charge in [0.25, 0.3) is 5.91 Å². The molecular weight excluding hydrogens is 373 g/mol. The molecule has 1 aliphatic rings. The molecule has 0 radical (unpaired) electrons. The van der Waals surface area contributed by atoms with Crippen molar-refractivity contribution in [3.8, 4) is 5.75 Å². The van der Waals surface area contributed by atoms with Gasteiger partial charge in [-0.25, -0.2) is 19.3 Å². The number of halogens is 1. The number of fused-ring (bicyclic) bond motifs is 1. The van der Waals surface area contributed by atoms with Crippen molar-refractivity contribution in [2.75, 3.05) is 17.3 Å². The molecule has 1 N–H and O–H groups in total. The van der Waals surface area contributed by atoms with Gasteiger partial charge in [0, 0.05) is 12.7 Å². The third-order valence-corrected chi connectivity index (χ3v) is 4.96. The van der Waals surface area contributed by atoms with Gasteiger partial charge < -0.3 is 15.0 Å². The summed E-state index contributed by atoms with van der Waals surface area (Å²) in [5, 5.41) is 2.66. The van der Waals surface area contributed by atoms with Crippen LogP contribution in [0, 0.1) is 5.82 Å². The van der Waals surface area contributed by atoms with Crippen LogP contribution in [-0.2, 0) is 6.54 Å². The molecule has 0 aliphatic carbocycles. The first-order chi connectivity index (χ1) is 14.1. The van der Waals surface area contributed by atoms with Gasteiger partial charge in [-0.3, -0.25) is 4.79 Å². The largest absolute Gasteiger partial charge is 0.494 e. The number of benzene rings is 1. The Labute approximate surface area is 167 Å². The van der Waals surface area contributed by atoms with Crippen molar-refractivity contribution in [3.63, 3.8) is 0 Å². The second kappa shape index (κ2) is 7.83. The van der Waals surface area contributed by atoms with Crippen molar-refractivity contribution in [2.45, 2.75) is 25.9 Å². The number of carbonyl (C=O) groups excluding carboxylic acids is 1. The van der Waals surface area contributed by atoms with E-state index in [1.807, 2.05) is 6.92 Å². The zero-order valence-corrected chi connectivity index (χ0v) is 16.1. The molecule has 148 valence electrons. The molecule has 0 saturated carbocycles. The van der Waals surface area contributed by atoms with Gasteiger partial charge in [0.05, 0.1) is 31.2 Å². The molecule has 0 bridgehead atoms. The Morgan fingerprint density at radius 2 is 2.07 bits per heavy atom. The number of hydrogen-bond donors (Lipinski definition) is 1. The molecule has 3 aromatic rings. The topological polar surface area (TPSA) is 80.2 Å². The Balaban J connectivity index is 1.55. The number of nitrogens with zero attached hydrogens (tertiary/aromatic N) is 4. The van der Waals surface area contributed by atoms with E-state index in [-0.39, 0.29) is 23.4 Å². The van der Waals surface area contributed by atoms with Crippen LogP contribution in [-0.4, -0.2) is 28.0 Å². The van der Waals surface area contributed by atoms with Crippen LogP contribution in [0.25, 0.3) is 0 Å². The fourth-order valence-corrected chi connectivity index (χ4v) is 3.58. The first-order valence-electron chi connectivity index (χ1n) is 9.28. The predicted octanol–water partition coefficient (Wildman–Crippen LogP) is 3.74. The van der Waals surface area contributed by atoms with Gasteiger partial charge in [0.1, 0.15) is 5.82 Å². The molecule has 0 spiro atoms. The quantitative estimate of drug-likeness (QED) is 0.711. The maximum absolute atomic E-state index is 14.2. The predicted molar refractivity (Wildman–Crippen MR) is 106 cm³/mol. The summed E-state index contributed by atoms with van der Waals surface area (Å²) in [6.45, 7) is 2.64. The Hall–Kier alpha value is -3.55. The number of nitrogens with one attached hydrogen (secondary N) is 1. The fourth-order valence-electron chi connectivity index (χ4n) is 3.58. The van der Waals surface area contributed by atoms with E-state index in [0.717, 1.165) is 23.2 Å². The summed E-state index contributed by atoms with van der Waals surface area (Å²) < 4.78 is 19.3. The van der Waals surface area contributed by atoms with E-state index in [1.54, 1.807) is 42.9 Å². The molecule has 0 fully saturated rings. The minimum Gasteiger partial charge on any atom is -0.494 e. The van der Waals surface area contributed by atoms with E-state index in [2.05, 4.69) is 25.2 Å². The highest BCUT2D eigenvalue weighted by atomic mass is 19.1. The monoisotopic (exact) mass is 393 g/mol. The molecular formula is C21H20FN5O2. The van der Waals surface area contributed by atoms with Gasteiger partial charge in [-0.1, -0.05) is 13.0 Å². The molecule has 7 nitrogen and oxygen atoms in total. The van der Waals surface area contributed by atoms with E-state index < -0.39 is 5.91 Å². The van der Waals surface area contributed by atoms with Crippen LogP contribution in [0.1, 0.15) is 41.1 Å². The minimum absolute atomic E-state index is 0.00204. The summed E-state index contributed by atoms with van der Waals surface area (Å²) in [5.74, 6) is -0.0829. The lowest BCUT2D eigenvalue weighted by atomic mass is 10.0. The van der Waals surface area contributed by atoms with Gasteiger partial charge in [-0.15, -0.1) is 0 Å². The normalized spacial score (nSPS) is 15.1. The Morgan fingerprint density at radius 3 is 2.72 bits per heavy atom. The minimum atomic E-state index is -0.432. The summed E-state index contributed by atoms with van der Waals surface area (Å²) in [7, 11) is 1.46. The summed E-state index contributed by atoms with van der Waals surface area (Å²) in [5.41, 5.74) is 2.71. The van der Waals surface area contributed by atoms with Crippen LogP contribution in [0.3, 0.4) is 0 Å². The van der Waals surface area contributed by atoms with Crippen LogP contribution < -0.4 is 15.0 Å². The summed E-state index contributed by atoms with van der Waals surface area (Å²) in [4.78, 5) is 26.9. The van der Waals surface area contributed by atoms with Crippen molar-refractivity contribution >= 4 is 17.4 Å². The molecule has 1 amide bonds. The van der Waals surface area contributed by atoms with E-state index in [4.69, 9.17) is 4.74 Å². The van der Waals surface area contributed by atoms with Gasteiger partial charge in [0.2, 0.25) is 5.82 Å². The van der Waals surface area contributed by atoms with Crippen molar-refractivity contribution in [1.82, 2.24) is 15.0 Å². The number of rotatable bonds is 5. The van der Waals surface area contributed by atoms with E-state index in [0.29, 0.717) is 12.4 Å². The van der Waals surface area contributed by atoms with Crippen LogP contribution in [0.15, 0.2) is 48.9 Å². The van der Waals surface area contributed by atoms with E-state index >= 15 is 0 Å². The summed E-state index contributed by atoms with van der Waals surface area (Å²) >= 11 is 0. The zero-order valence-electron chi connectivity index (χ0n) is 16.1. The lowest BCUT2D eigenvalue weighted by molar-refractivity contribution is 0.101. The van der Waals surface area contributed by atoms with E-state index in [1.165, 1.54) is 13.2 Å². The second-order valence-electron chi connectivity index (χ2n) is 6.67. The highest BCUT2D eigenvalue weighted by Gasteiger charge is 2.31. The number of ether oxygens (including phenoxy) is 1. The molecule has 2 aromatic heterocycles. The first kappa shape index (κ1) is 18.8. The van der Waals surface area contributed by atoms with Crippen LogP contribution in [0.5, 0.6) is 5.75 Å². The molecule has 29 heavy (non-hydrogen) atoms. The van der Waals surface area contributed by atoms with E-state index in [9.17, 15) is 9.18 Å². The molecule has 0 saturated heterocycles. The maximum atomic E-state index is 14.2.